The Labute approximate surface area is 196 Å². The summed E-state index contributed by atoms with van der Waals surface area (Å²) in [6.45, 7) is 1.19. The highest BCUT2D eigenvalue weighted by Gasteiger charge is 2.26. The fraction of sp³-hybridized carbons (Fsp3) is 0.304. The molecular formula is C23H24FN4O5S-. The quantitative estimate of drug-likeness (QED) is 0.528. The summed E-state index contributed by atoms with van der Waals surface area (Å²) in [4.78, 5) is 18.8. The smallest absolute Gasteiger partial charge is 0.302 e. The van der Waals surface area contributed by atoms with E-state index in [1.807, 2.05) is 12.1 Å². The molecule has 1 aliphatic rings. The zero-order valence-corrected chi connectivity index (χ0v) is 19.5. The van der Waals surface area contributed by atoms with E-state index in [0.29, 0.717) is 36.2 Å². The van der Waals surface area contributed by atoms with E-state index in [0.717, 1.165) is 22.2 Å². The van der Waals surface area contributed by atoms with Gasteiger partial charge in [0.05, 0.1) is 7.11 Å². The van der Waals surface area contributed by atoms with Crippen LogP contribution < -0.4 is 14.6 Å². The summed E-state index contributed by atoms with van der Waals surface area (Å²) < 4.78 is 46.7. The maximum absolute atomic E-state index is 14.0. The number of allylic oxidation sites excluding steroid dienone is 1. The molecule has 0 saturated carbocycles. The summed E-state index contributed by atoms with van der Waals surface area (Å²) in [5.41, 5.74) is 3.83. The number of methoxy groups -OCH3 is 1. The number of ether oxygens (including phenoxy) is 1. The number of carboxylic acid groups (broad SMARTS) is 1. The second-order valence-corrected chi connectivity index (χ2v) is 9.53. The molecule has 2 aromatic heterocycles. The van der Waals surface area contributed by atoms with Crippen LogP contribution in [0.25, 0.3) is 27.7 Å². The Morgan fingerprint density at radius 3 is 2.76 bits per heavy atom. The van der Waals surface area contributed by atoms with Gasteiger partial charge in [-0.2, -0.15) is 13.1 Å². The van der Waals surface area contributed by atoms with Gasteiger partial charge in [-0.3, -0.25) is 0 Å². The van der Waals surface area contributed by atoms with Crippen molar-refractivity contribution in [3.05, 3.63) is 54.1 Å². The number of benzene rings is 1. The van der Waals surface area contributed by atoms with Gasteiger partial charge in [0.1, 0.15) is 17.2 Å². The van der Waals surface area contributed by atoms with E-state index >= 15 is 0 Å². The minimum absolute atomic E-state index is 0.230. The molecule has 0 aliphatic heterocycles. The maximum Gasteiger partial charge on any atom is 0.302 e. The number of aromatic nitrogens is 2. The van der Waals surface area contributed by atoms with E-state index in [9.17, 15) is 22.7 Å². The van der Waals surface area contributed by atoms with Gasteiger partial charge in [-0.25, -0.2) is 13.7 Å². The van der Waals surface area contributed by atoms with Crippen LogP contribution >= 0.6 is 0 Å². The molecule has 1 amide bonds. The Morgan fingerprint density at radius 2 is 2.12 bits per heavy atom. The standard InChI is InChI=1S/C23H25FN4O5S/c1-3-28(23(29)30)34(31,32)27-16-7-4-14(5-8-16)20-13-19-17(10-11-25-22(19)26-20)18-12-15(24)6-9-21(18)33-2/h4,6,9-13,16,27H,3,5,7-8H2,1-2H3,(H,25,26)(H,29,30)/p-1. The van der Waals surface area contributed by atoms with E-state index in [-0.39, 0.29) is 16.7 Å². The number of fused-ring (bicyclic) bond motifs is 1. The van der Waals surface area contributed by atoms with E-state index in [1.54, 1.807) is 18.3 Å². The van der Waals surface area contributed by atoms with Gasteiger partial charge in [-0.1, -0.05) is 6.08 Å². The van der Waals surface area contributed by atoms with Crippen LogP contribution in [0.5, 0.6) is 5.75 Å². The highest BCUT2D eigenvalue weighted by molar-refractivity contribution is 7.87. The highest BCUT2D eigenvalue weighted by atomic mass is 32.2. The molecule has 1 aromatic carbocycles. The lowest BCUT2D eigenvalue weighted by Gasteiger charge is -2.28. The highest BCUT2D eigenvalue weighted by Crippen LogP contribution is 2.37. The summed E-state index contributed by atoms with van der Waals surface area (Å²) in [6.07, 6.45) is 3.24. The third kappa shape index (κ3) is 4.62. The first-order valence-electron chi connectivity index (χ1n) is 10.8. The lowest BCUT2D eigenvalue weighted by molar-refractivity contribution is -0.259. The number of amides is 1. The van der Waals surface area contributed by atoms with Crippen LogP contribution in [0, 0.1) is 5.82 Å². The van der Waals surface area contributed by atoms with Crippen molar-refractivity contribution in [1.29, 1.82) is 0 Å². The SMILES string of the molecule is CCN(C(=O)[O-])S(=O)(=O)NC1CC=C(c2cc3c(-c4cc(F)ccc4OC)ccnc3[nH]2)CC1. The normalized spacial score (nSPS) is 16.3. The number of carbonyl (C=O) groups excluding carboxylic acids is 1. The average molecular weight is 488 g/mol. The molecule has 1 aliphatic carbocycles. The Kier molecular flexibility index (Phi) is 6.58. The zero-order valence-electron chi connectivity index (χ0n) is 18.7. The molecule has 0 fully saturated rings. The number of H-pyrrole nitrogens is 1. The Hall–Kier alpha value is -3.44. The van der Waals surface area contributed by atoms with Gasteiger partial charge in [-0.15, -0.1) is 0 Å². The first kappa shape index (κ1) is 23.7. The Bertz CT molecular complexity index is 1370. The molecule has 11 heteroatoms. The Balaban J connectivity index is 1.59. The number of nitrogens with one attached hydrogen (secondary N) is 2. The molecule has 34 heavy (non-hydrogen) atoms. The van der Waals surface area contributed by atoms with Crippen molar-refractivity contribution in [2.75, 3.05) is 13.7 Å². The van der Waals surface area contributed by atoms with Crippen LogP contribution in [0.15, 0.2) is 42.6 Å². The third-order valence-corrected chi connectivity index (χ3v) is 7.46. The minimum Gasteiger partial charge on any atom is -0.529 e. The molecular weight excluding hydrogens is 463 g/mol. The van der Waals surface area contributed by atoms with E-state index in [2.05, 4.69) is 14.7 Å². The van der Waals surface area contributed by atoms with Crippen molar-refractivity contribution < 1.29 is 27.4 Å². The molecule has 1 unspecified atom stereocenters. The molecule has 4 rings (SSSR count). The van der Waals surface area contributed by atoms with Crippen LogP contribution in [-0.2, 0) is 10.2 Å². The van der Waals surface area contributed by atoms with Crippen LogP contribution in [0.2, 0.25) is 0 Å². The first-order chi connectivity index (χ1) is 16.2. The molecule has 0 radical (unpaired) electrons. The number of aromatic amines is 1. The predicted octanol–water partition coefficient (Wildman–Crippen LogP) is 2.81. The molecule has 0 spiro atoms. The number of pyridine rings is 1. The van der Waals surface area contributed by atoms with Crippen molar-refractivity contribution >= 4 is 32.9 Å². The monoisotopic (exact) mass is 487 g/mol. The van der Waals surface area contributed by atoms with Crippen LogP contribution in [0.1, 0.15) is 31.9 Å². The van der Waals surface area contributed by atoms with Gasteiger partial charge in [0.25, 0.3) is 0 Å². The third-order valence-electron chi connectivity index (χ3n) is 5.84. The van der Waals surface area contributed by atoms with E-state index in [1.165, 1.54) is 26.2 Å². The molecule has 1 atom stereocenters. The fourth-order valence-corrected chi connectivity index (χ4v) is 5.48. The molecule has 9 nitrogen and oxygen atoms in total. The van der Waals surface area contributed by atoms with Crippen LogP contribution in [-0.4, -0.2) is 48.5 Å². The maximum atomic E-state index is 14.0. The van der Waals surface area contributed by atoms with Crippen LogP contribution in [0.3, 0.4) is 0 Å². The minimum atomic E-state index is -4.19. The van der Waals surface area contributed by atoms with Crippen LogP contribution in [0.4, 0.5) is 9.18 Å². The number of rotatable bonds is 7. The van der Waals surface area contributed by atoms with Gasteiger partial charge < -0.3 is 19.6 Å². The van der Waals surface area contributed by atoms with Gasteiger partial charge in [0.15, 0.2) is 6.09 Å². The molecule has 2 N–H and O–H groups in total. The summed E-state index contributed by atoms with van der Waals surface area (Å²) >= 11 is 0. The predicted molar refractivity (Wildman–Crippen MR) is 123 cm³/mol. The average Bonchev–Trinajstić information content (AvgIpc) is 3.23. The summed E-state index contributed by atoms with van der Waals surface area (Å²) in [6, 6.07) is 7.64. The lowest BCUT2D eigenvalue weighted by atomic mass is 9.93. The summed E-state index contributed by atoms with van der Waals surface area (Å²) in [5, 5.41) is 11.9. The molecule has 0 saturated heterocycles. The number of hydrogen-bond donors (Lipinski definition) is 2. The summed E-state index contributed by atoms with van der Waals surface area (Å²) in [7, 11) is -2.66. The fourth-order valence-electron chi connectivity index (χ4n) is 4.18. The van der Waals surface area contributed by atoms with Crippen molar-refractivity contribution in [1.82, 2.24) is 19.0 Å². The van der Waals surface area contributed by atoms with E-state index in [4.69, 9.17) is 4.74 Å². The largest absolute Gasteiger partial charge is 0.529 e. The number of halogens is 1. The number of nitrogens with zero attached hydrogens (tertiary/aromatic N) is 2. The van der Waals surface area contributed by atoms with Crippen molar-refractivity contribution in [3.63, 3.8) is 0 Å². The van der Waals surface area contributed by atoms with Crippen molar-refractivity contribution in [3.8, 4) is 16.9 Å². The second-order valence-electron chi connectivity index (χ2n) is 7.90. The summed E-state index contributed by atoms with van der Waals surface area (Å²) in [5.74, 6) is 0.168. The van der Waals surface area contributed by atoms with Gasteiger partial charge in [0, 0.05) is 35.4 Å². The van der Waals surface area contributed by atoms with Gasteiger partial charge in [0.2, 0.25) is 0 Å². The van der Waals surface area contributed by atoms with Gasteiger partial charge >= 0.3 is 10.2 Å². The van der Waals surface area contributed by atoms with Gasteiger partial charge in [-0.05, 0) is 67.7 Å². The topological polar surface area (TPSA) is 127 Å². The van der Waals surface area contributed by atoms with Crippen molar-refractivity contribution in [2.45, 2.75) is 32.2 Å². The second kappa shape index (κ2) is 9.43. The molecule has 180 valence electrons. The van der Waals surface area contributed by atoms with E-state index < -0.39 is 22.3 Å². The van der Waals surface area contributed by atoms with Crippen molar-refractivity contribution in [2.24, 2.45) is 0 Å². The zero-order chi connectivity index (χ0) is 24.5. The number of carbonyl (C=O) groups is 1. The molecule has 0 bridgehead atoms. The lowest BCUT2D eigenvalue weighted by Crippen LogP contribution is -2.52. The first-order valence-corrected chi connectivity index (χ1v) is 12.2. The molecule has 3 aromatic rings. The molecule has 2 heterocycles. The Morgan fingerprint density at radius 1 is 1.32 bits per heavy atom. The number of hydrogen-bond acceptors (Lipinski definition) is 6.